The van der Waals surface area contributed by atoms with E-state index < -0.39 is 10.8 Å². The van der Waals surface area contributed by atoms with Crippen LogP contribution in [0.25, 0.3) is 5.57 Å². The van der Waals surface area contributed by atoms with Crippen LogP contribution in [0, 0.1) is 0 Å². The Morgan fingerprint density at radius 1 is 1.28 bits per heavy atom. The second kappa shape index (κ2) is 7.10. The zero-order chi connectivity index (χ0) is 13.6. The first kappa shape index (κ1) is 15.4. The summed E-state index contributed by atoms with van der Waals surface area (Å²) in [6, 6.07) is 8.94. The molecule has 100 valence electrons. The Morgan fingerprint density at radius 2 is 1.89 bits per heavy atom. The largest absolute Gasteiger partial charge is 0.442 e. The predicted octanol–water partition coefficient (Wildman–Crippen LogP) is 5.34. The molecule has 1 rings (SSSR count). The molecule has 0 aromatic heterocycles. The van der Waals surface area contributed by atoms with Crippen LogP contribution in [0.5, 0.6) is 0 Å². The number of thioether (sulfide) groups is 1. The number of hydrogen-bond acceptors (Lipinski definition) is 1. The van der Waals surface area contributed by atoms with Gasteiger partial charge in [-0.05, 0) is 35.7 Å². The first-order valence-corrected chi connectivity index (χ1v) is 6.90. The Bertz CT molecular complexity index is 376. The van der Waals surface area contributed by atoms with Crippen molar-refractivity contribution in [3.63, 3.8) is 0 Å². The van der Waals surface area contributed by atoms with Crippen molar-refractivity contribution in [2.45, 2.75) is 23.6 Å². The molecule has 0 nitrogen and oxygen atoms in total. The van der Waals surface area contributed by atoms with Crippen LogP contribution in [-0.4, -0.2) is 16.6 Å². The third-order valence-corrected chi connectivity index (χ3v) is 3.75. The lowest BCUT2D eigenvalue weighted by molar-refractivity contribution is -0.0331. The molecular formula is C13H14ClF3S. The van der Waals surface area contributed by atoms with Crippen LogP contribution in [-0.2, 0) is 0 Å². The molecular weight excluding hydrogens is 281 g/mol. The van der Waals surface area contributed by atoms with Gasteiger partial charge in [0.25, 0.3) is 0 Å². The van der Waals surface area contributed by atoms with Crippen molar-refractivity contribution in [1.29, 1.82) is 0 Å². The average molecular weight is 295 g/mol. The van der Waals surface area contributed by atoms with Gasteiger partial charge in [0.15, 0.2) is 0 Å². The molecule has 0 aliphatic carbocycles. The SMILES string of the molecule is C=C(c1ccccc1)[C@H](CCCCl)SC(F)(F)F. The molecule has 18 heavy (non-hydrogen) atoms. The molecule has 0 amide bonds. The van der Waals surface area contributed by atoms with Gasteiger partial charge >= 0.3 is 5.51 Å². The van der Waals surface area contributed by atoms with Gasteiger partial charge in [-0.25, -0.2) is 0 Å². The highest BCUT2D eigenvalue weighted by Gasteiger charge is 2.34. The summed E-state index contributed by atoms with van der Waals surface area (Å²) < 4.78 is 37.5. The highest BCUT2D eigenvalue weighted by Crippen LogP contribution is 2.40. The Balaban J connectivity index is 2.79. The molecule has 5 heteroatoms. The molecule has 1 atom stereocenters. The zero-order valence-corrected chi connectivity index (χ0v) is 11.3. The topological polar surface area (TPSA) is 0 Å². The smallest absolute Gasteiger partial charge is 0.160 e. The van der Waals surface area contributed by atoms with Crippen molar-refractivity contribution >= 4 is 28.9 Å². The monoisotopic (exact) mass is 294 g/mol. The van der Waals surface area contributed by atoms with Crippen LogP contribution in [0.1, 0.15) is 18.4 Å². The molecule has 1 aromatic rings. The fraction of sp³-hybridized carbons (Fsp3) is 0.385. The first-order chi connectivity index (χ1) is 8.44. The summed E-state index contributed by atoms with van der Waals surface area (Å²) in [5, 5.41) is -0.675. The van der Waals surface area contributed by atoms with E-state index in [9.17, 15) is 13.2 Å². The summed E-state index contributed by atoms with van der Waals surface area (Å²) in [5.74, 6) is 0.358. The van der Waals surface area contributed by atoms with Crippen LogP contribution in [0.15, 0.2) is 36.9 Å². The van der Waals surface area contributed by atoms with Crippen molar-refractivity contribution in [1.82, 2.24) is 0 Å². The maximum atomic E-state index is 12.5. The molecule has 0 saturated heterocycles. The van der Waals surface area contributed by atoms with Crippen molar-refractivity contribution in [2.24, 2.45) is 0 Å². The lowest BCUT2D eigenvalue weighted by atomic mass is 10.0. The predicted molar refractivity (Wildman–Crippen MR) is 72.9 cm³/mol. The fourth-order valence-electron chi connectivity index (χ4n) is 1.57. The van der Waals surface area contributed by atoms with Crippen molar-refractivity contribution < 1.29 is 13.2 Å². The van der Waals surface area contributed by atoms with Crippen LogP contribution < -0.4 is 0 Å². The van der Waals surface area contributed by atoms with E-state index >= 15 is 0 Å². The van der Waals surface area contributed by atoms with E-state index in [0.717, 1.165) is 5.56 Å². The van der Waals surface area contributed by atoms with Gasteiger partial charge in [-0.1, -0.05) is 36.9 Å². The van der Waals surface area contributed by atoms with Crippen LogP contribution in [0.3, 0.4) is 0 Å². The van der Waals surface area contributed by atoms with E-state index in [0.29, 0.717) is 24.3 Å². The highest BCUT2D eigenvalue weighted by atomic mass is 35.5. The molecule has 0 radical (unpaired) electrons. The van der Waals surface area contributed by atoms with Crippen LogP contribution in [0.2, 0.25) is 0 Å². The van der Waals surface area contributed by atoms with E-state index in [1.807, 2.05) is 6.07 Å². The molecule has 0 fully saturated rings. The van der Waals surface area contributed by atoms with Crippen LogP contribution in [0.4, 0.5) is 13.2 Å². The first-order valence-electron chi connectivity index (χ1n) is 5.49. The minimum Gasteiger partial charge on any atom is -0.160 e. The Morgan fingerprint density at radius 3 is 2.39 bits per heavy atom. The second-order valence-corrected chi connectivity index (χ2v) is 5.42. The van der Waals surface area contributed by atoms with Gasteiger partial charge in [0.2, 0.25) is 0 Å². The number of hydrogen-bond donors (Lipinski definition) is 0. The van der Waals surface area contributed by atoms with Gasteiger partial charge in [0, 0.05) is 11.1 Å². The number of alkyl halides is 4. The lowest BCUT2D eigenvalue weighted by Crippen LogP contribution is -2.13. The molecule has 0 saturated carbocycles. The van der Waals surface area contributed by atoms with E-state index in [1.165, 1.54) is 0 Å². The van der Waals surface area contributed by atoms with Crippen molar-refractivity contribution in [3.05, 3.63) is 42.5 Å². The van der Waals surface area contributed by atoms with Gasteiger partial charge < -0.3 is 0 Å². The van der Waals surface area contributed by atoms with Crippen LogP contribution >= 0.6 is 23.4 Å². The summed E-state index contributed by atoms with van der Waals surface area (Å²) >= 11 is 5.53. The molecule has 0 heterocycles. The van der Waals surface area contributed by atoms with E-state index in [4.69, 9.17) is 11.6 Å². The summed E-state index contributed by atoms with van der Waals surface area (Å²) in [6.07, 6.45) is 0.919. The number of halogens is 4. The maximum Gasteiger partial charge on any atom is 0.442 e. The maximum absolute atomic E-state index is 12.5. The third-order valence-electron chi connectivity index (χ3n) is 2.41. The zero-order valence-electron chi connectivity index (χ0n) is 9.71. The lowest BCUT2D eigenvalue weighted by Gasteiger charge is -2.20. The standard InChI is InChI=1S/C13H14ClF3S/c1-10(11-6-3-2-4-7-11)12(8-5-9-14)18-13(15,16)17/h2-4,6-7,12H,1,5,8-9H2/t12-/m0/s1. The molecule has 0 aliphatic rings. The molecule has 0 aliphatic heterocycles. The van der Waals surface area contributed by atoms with Gasteiger partial charge in [-0.2, -0.15) is 13.2 Å². The van der Waals surface area contributed by atoms with E-state index in [-0.39, 0.29) is 11.8 Å². The molecule has 1 aromatic carbocycles. The molecule has 0 spiro atoms. The number of benzene rings is 1. The Kier molecular flexibility index (Phi) is 6.09. The Labute approximate surface area is 114 Å². The molecule has 0 N–H and O–H groups in total. The number of rotatable bonds is 6. The normalized spacial score (nSPS) is 13.3. The second-order valence-electron chi connectivity index (χ2n) is 3.77. The summed E-state index contributed by atoms with van der Waals surface area (Å²) in [7, 11) is 0. The van der Waals surface area contributed by atoms with E-state index in [2.05, 4.69) is 6.58 Å². The third kappa shape index (κ3) is 5.36. The summed E-state index contributed by atoms with van der Waals surface area (Å²) in [4.78, 5) is 0. The van der Waals surface area contributed by atoms with Gasteiger partial charge in [0.05, 0.1) is 0 Å². The van der Waals surface area contributed by atoms with Crippen molar-refractivity contribution in [2.75, 3.05) is 5.88 Å². The minimum absolute atomic E-state index is 0.0134. The quantitative estimate of drug-likeness (QED) is 0.638. The van der Waals surface area contributed by atoms with Gasteiger partial charge in [-0.15, -0.1) is 11.6 Å². The fourth-order valence-corrected chi connectivity index (χ4v) is 2.61. The van der Waals surface area contributed by atoms with Gasteiger partial charge in [0.1, 0.15) is 0 Å². The van der Waals surface area contributed by atoms with Gasteiger partial charge in [-0.3, -0.25) is 0 Å². The van der Waals surface area contributed by atoms with Crippen molar-refractivity contribution in [3.8, 4) is 0 Å². The average Bonchev–Trinajstić information content (AvgIpc) is 2.33. The highest BCUT2D eigenvalue weighted by molar-refractivity contribution is 8.01. The summed E-state index contributed by atoms with van der Waals surface area (Å²) in [6.45, 7) is 3.80. The Hall–Kier alpha value is -0.610. The molecule has 0 unspecified atom stereocenters. The minimum atomic E-state index is -4.26. The molecule has 0 bridgehead atoms. The summed E-state index contributed by atoms with van der Waals surface area (Å²) in [5.41, 5.74) is -3.01. The van der Waals surface area contributed by atoms with E-state index in [1.54, 1.807) is 24.3 Å².